The third kappa shape index (κ3) is 5.62. The molecule has 1 aromatic heterocycles. The monoisotopic (exact) mass is 418 g/mol. The summed E-state index contributed by atoms with van der Waals surface area (Å²) in [6.07, 6.45) is -2.54. The van der Waals surface area contributed by atoms with E-state index in [-0.39, 0.29) is 18.6 Å². The van der Waals surface area contributed by atoms with E-state index in [2.05, 4.69) is 10.6 Å². The molecule has 0 fully saturated rings. The lowest BCUT2D eigenvalue weighted by molar-refractivity contribution is 0.0818. The standard InChI is InChI=1S/C22H24F2N2O4/c1-3-28-18-9-5-7-16-11-19(30-21(16)18)14(2)26-22(27)25-12-15-6-4-8-17(10-15)29-13-20(23)24/h4-11,14,20H,3,12-13H2,1-2H3,(H2,25,26,27). The Morgan fingerprint density at radius 2 is 1.93 bits per heavy atom. The number of hydrogen-bond donors (Lipinski definition) is 2. The maximum Gasteiger partial charge on any atom is 0.315 e. The van der Waals surface area contributed by atoms with Crippen LogP contribution in [-0.2, 0) is 6.54 Å². The van der Waals surface area contributed by atoms with Crippen molar-refractivity contribution < 1.29 is 27.5 Å². The molecule has 0 saturated carbocycles. The number of para-hydroxylation sites is 1. The minimum absolute atomic E-state index is 0.221. The molecule has 0 saturated heterocycles. The number of rotatable bonds is 9. The molecule has 1 heterocycles. The van der Waals surface area contributed by atoms with E-state index in [4.69, 9.17) is 13.9 Å². The van der Waals surface area contributed by atoms with Crippen molar-refractivity contribution in [2.75, 3.05) is 13.2 Å². The van der Waals surface area contributed by atoms with Gasteiger partial charge in [0.05, 0.1) is 12.6 Å². The van der Waals surface area contributed by atoms with Gasteiger partial charge in [-0.3, -0.25) is 0 Å². The van der Waals surface area contributed by atoms with Crippen LogP contribution in [0.2, 0.25) is 0 Å². The van der Waals surface area contributed by atoms with Gasteiger partial charge >= 0.3 is 6.03 Å². The number of carbonyl (C=O) groups excluding carboxylic acids is 1. The molecule has 2 aromatic carbocycles. The average molecular weight is 418 g/mol. The Hall–Kier alpha value is -3.29. The molecule has 0 aliphatic carbocycles. The van der Waals surface area contributed by atoms with Crippen LogP contribution >= 0.6 is 0 Å². The lowest BCUT2D eigenvalue weighted by Gasteiger charge is -2.13. The van der Waals surface area contributed by atoms with Crippen molar-refractivity contribution in [3.63, 3.8) is 0 Å². The molecule has 1 unspecified atom stereocenters. The van der Waals surface area contributed by atoms with Gasteiger partial charge in [0.1, 0.15) is 18.1 Å². The number of nitrogens with one attached hydrogen (secondary N) is 2. The third-order valence-electron chi connectivity index (χ3n) is 4.33. The first-order chi connectivity index (χ1) is 14.5. The van der Waals surface area contributed by atoms with Crippen LogP contribution in [0.15, 0.2) is 52.9 Å². The van der Waals surface area contributed by atoms with Crippen LogP contribution in [-0.4, -0.2) is 25.7 Å². The zero-order valence-electron chi connectivity index (χ0n) is 16.8. The van der Waals surface area contributed by atoms with Gasteiger partial charge in [-0.05, 0) is 43.7 Å². The van der Waals surface area contributed by atoms with E-state index in [0.717, 1.165) is 10.9 Å². The third-order valence-corrected chi connectivity index (χ3v) is 4.33. The second-order valence-electron chi connectivity index (χ2n) is 6.65. The number of fused-ring (bicyclic) bond motifs is 1. The SMILES string of the molecule is CCOc1cccc2cc(C(C)NC(=O)NCc3cccc(OCC(F)F)c3)oc12. The van der Waals surface area contributed by atoms with E-state index < -0.39 is 13.0 Å². The fourth-order valence-corrected chi connectivity index (χ4v) is 2.94. The van der Waals surface area contributed by atoms with Gasteiger partial charge in [0.25, 0.3) is 6.43 Å². The van der Waals surface area contributed by atoms with Crippen molar-refractivity contribution in [3.05, 3.63) is 59.9 Å². The smallest absolute Gasteiger partial charge is 0.315 e. The molecule has 8 heteroatoms. The van der Waals surface area contributed by atoms with Crippen LogP contribution in [0.3, 0.4) is 0 Å². The van der Waals surface area contributed by atoms with Gasteiger partial charge in [0, 0.05) is 11.9 Å². The van der Waals surface area contributed by atoms with Gasteiger partial charge in [-0.1, -0.05) is 24.3 Å². The summed E-state index contributed by atoms with van der Waals surface area (Å²) in [6.45, 7) is 3.80. The van der Waals surface area contributed by atoms with Crippen molar-refractivity contribution in [3.8, 4) is 11.5 Å². The van der Waals surface area contributed by atoms with Crippen LogP contribution in [0, 0.1) is 0 Å². The Morgan fingerprint density at radius 1 is 1.13 bits per heavy atom. The summed E-state index contributed by atoms with van der Waals surface area (Å²) in [4.78, 5) is 12.3. The quantitative estimate of drug-likeness (QED) is 0.511. The highest BCUT2D eigenvalue weighted by Crippen LogP contribution is 2.31. The van der Waals surface area contributed by atoms with Crippen molar-refractivity contribution in [1.29, 1.82) is 0 Å². The summed E-state index contributed by atoms with van der Waals surface area (Å²) in [5, 5.41) is 6.45. The highest BCUT2D eigenvalue weighted by molar-refractivity contribution is 5.84. The number of benzene rings is 2. The van der Waals surface area contributed by atoms with Gasteiger partial charge in [0.15, 0.2) is 11.3 Å². The van der Waals surface area contributed by atoms with Crippen LogP contribution in [0.25, 0.3) is 11.0 Å². The molecule has 0 radical (unpaired) electrons. The van der Waals surface area contributed by atoms with Crippen LogP contribution in [0.1, 0.15) is 31.2 Å². The Kier molecular flexibility index (Phi) is 7.11. The Labute approximate surface area is 173 Å². The molecule has 1 atom stereocenters. The summed E-state index contributed by atoms with van der Waals surface area (Å²) in [7, 11) is 0. The number of halogens is 2. The summed E-state index contributed by atoms with van der Waals surface area (Å²) in [6, 6.07) is 13.4. The number of urea groups is 1. The van der Waals surface area contributed by atoms with E-state index in [1.807, 2.05) is 38.1 Å². The van der Waals surface area contributed by atoms with Crippen molar-refractivity contribution in [2.24, 2.45) is 0 Å². The predicted molar refractivity (Wildman–Crippen MR) is 109 cm³/mol. The summed E-state index contributed by atoms with van der Waals surface area (Å²) >= 11 is 0. The molecule has 2 N–H and O–H groups in total. The van der Waals surface area contributed by atoms with Crippen molar-refractivity contribution >= 4 is 17.0 Å². The van der Waals surface area contributed by atoms with Gasteiger partial charge in [-0.2, -0.15) is 0 Å². The van der Waals surface area contributed by atoms with E-state index in [1.54, 1.807) is 24.3 Å². The molecule has 30 heavy (non-hydrogen) atoms. The van der Waals surface area contributed by atoms with E-state index in [1.165, 1.54) is 0 Å². The summed E-state index contributed by atoms with van der Waals surface area (Å²) in [5.74, 6) is 1.59. The van der Waals surface area contributed by atoms with Crippen molar-refractivity contribution in [1.82, 2.24) is 10.6 Å². The second-order valence-corrected chi connectivity index (χ2v) is 6.65. The molecule has 2 amide bonds. The first-order valence-corrected chi connectivity index (χ1v) is 9.65. The van der Waals surface area contributed by atoms with Crippen molar-refractivity contribution in [2.45, 2.75) is 32.9 Å². The molecule has 3 aromatic rings. The Bertz CT molecular complexity index is 990. The highest BCUT2D eigenvalue weighted by atomic mass is 19.3. The number of carbonyl (C=O) groups is 1. The average Bonchev–Trinajstić information content (AvgIpc) is 3.17. The normalized spacial score (nSPS) is 12.0. The second kappa shape index (κ2) is 9.96. The molecule has 160 valence electrons. The molecule has 0 aliphatic heterocycles. The fourth-order valence-electron chi connectivity index (χ4n) is 2.94. The van der Waals surface area contributed by atoms with E-state index in [0.29, 0.717) is 29.4 Å². The minimum atomic E-state index is -2.54. The van der Waals surface area contributed by atoms with Gasteiger partial charge in [0.2, 0.25) is 0 Å². The van der Waals surface area contributed by atoms with Gasteiger partial charge in [-0.25, -0.2) is 13.6 Å². The minimum Gasteiger partial charge on any atom is -0.490 e. The van der Waals surface area contributed by atoms with Gasteiger partial charge in [-0.15, -0.1) is 0 Å². The lowest BCUT2D eigenvalue weighted by Crippen LogP contribution is -2.36. The summed E-state index contributed by atoms with van der Waals surface area (Å²) < 4.78 is 41.0. The summed E-state index contributed by atoms with van der Waals surface area (Å²) in [5.41, 5.74) is 1.37. The Balaban J connectivity index is 1.57. The molecular weight excluding hydrogens is 394 g/mol. The number of alkyl halides is 2. The number of furan rings is 1. The Morgan fingerprint density at radius 3 is 2.70 bits per heavy atom. The fraction of sp³-hybridized carbons (Fsp3) is 0.318. The number of ether oxygens (including phenoxy) is 2. The first-order valence-electron chi connectivity index (χ1n) is 9.65. The lowest BCUT2D eigenvalue weighted by atomic mass is 10.2. The zero-order valence-corrected chi connectivity index (χ0v) is 16.8. The van der Waals surface area contributed by atoms with E-state index in [9.17, 15) is 13.6 Å². The predicted octanol–water partition coefficient (Wildman–Crippen LogP) is 5.04. The molecule has 6 nitrogen and oxygen atoms in total. The molecule has 3 rings (SSSR count). The molecule has 0 aliphatic rings. The van der Waals surface area contributed by atoms with Crippen LogP contribution < -0.4 is 20.1 Å². The number of hydrogen-bond acceptors (Lipinski definition) is 4. The zero-order chi connectivity index (χ0) is 21.5. The highest BCUT2D eigenvalue weighted by Gasteiger charge is 2.16. The molecule has 0 spiro atoms. The first kappa shape index (κ1) is 21.4. The van der Waals surface area contributed by atoms with Gasteiger partial charge < -0.3 is 24.5 Å². The largest absolute Gasteiger partial charge is 0.490 e. The van der Waals surface area contributed by atoms with Crippen LogP contribution in [0.5, 0.6) is 11.5 Å². The van der Waals surface area contributed by atoms with Crippen LogP contribution in [0.4, 0.5) is 13.6 Å². The number of amides is 2. The molecular formula is C22H24F2N2O4. The topological polar surface area (TPSA) is 72.7 Å². The van der Waals surface area contributed by atoms with E-state index >= 15 is 0 Å². The molecule has 0 bridgehead atoms. The maximum absolute atomic E-state index is 12.3. The maximum atomic E-state index is 12.3.